The predicted molar refractivity (Wildman–Crippen MR) is 73.4 cm³/mol. The highest BCUT2D eigenvalue weighted by Crippen LogP contribution is 2.27. The van der Waals surface area contributed by atoms with Gasteiger partial charge in [0.05, 0.1) is 3.57 Å². The highest BCUT2D eigenvalue weighted by atomic mass is 127. The van der Waals surface area contributed by atoms with Gasteiger partial charge in [0.1, 0.15) is 11.5 Å². The highest BCUT2D eigenvalue weighted by Gasteiger charge is 2.00. The molecule has 76 valence electrons. The molecule has 0 atom stereocenters. The molecule has 3 heteroatoms. The van der Waals surface area contributed by atoms with Gasteiger partial charge in [-0.25, -0.2) is 0 Å². The van der Waals surface area contributed by atoms with Crippen molar-refractivity contribution in [3.63, 3.8) is 0 Å². The molecule has 0 bridgehead atoms. The van der Waals surface area contributed by atoms with Crippen molar-refractivity contribution in [3.8, 4) is 11.5 Å². The number of para-hydroxylation sites is 1. The van der Waals surface area contributed by atoms with Crippen LogP contribution in [-0.2, 0) is 0 Å². The molecule has 2 aromatic carbocycles. The summed E-state index contributed by atoms with van der Waals surface area (Å²) in [7, 11) is 0. The molecule has 0 spiro atoms. The van der Waals surface area contributed by atoms with E-state index >= 15 is 0 Å². The average Bonchev–Trinajstić information content (AvgIpc) is 2.25. The Morgan fingerprint density at radius 1 is 0.933 bits per heavy atom. The van der Waals surface area contributed by atoms with Crippen LogP contribution < -0.4 is 4.74 Å². The first-order valence-corrected chi connectivity index (χ1v) is 6.31. The molecule has 1 nitrogen and oxygen atoms in total. The van der Waals surface area contributed by atoms with E-state index in [1.54, 1.807) is 0 Å². The Hall–Kier alpha value is -0.550. The van der Waals surface area contributed by atoms with E-state index in [4.69, 9.17) is 4.74 Å². The van der Waals surface area contributed by atoms with Crippen LogP contribution in [-0.4, -0.2) is 0 Å². The molecule has 0 amide bonds. The maximum Gasteiger partial charge on any atom is 0.140 e. The van der Waals surface area contributed by atoms with Crippen molar-refractivity contribution in [1.82, 2.24) is 0 Å². The number of hydrogen-bond donors (Lipinski definition) is 0. The van der Waals surface area contributed by atoms with Gasteiger partial charge in [-0.05, 0) is 59.0 Å². The van der Waals surface area contributed by atoms with Crippen LogP contribution in [0, 0.1) is 3.57 Å². The Labute approximate surface area is 111 Å². The van der Waals surface area contributed by atoms with Crippen LogP contribution >= 0.6 is 38.5 Å². The second-order valence-electron chi connectivity index (χ2n) is 2.99. The van der Waals surface area contributed by atoms with Gasteiger partial charge >= 0.3 is 0 Å². The number of rotatable bonds is 2. The fourth-order valence-corrected chi connectivity index (χ4v) is 1.92. The van der Waals surface area contributed by atoms with E-state index in [-0.39, 0.29) is 0 Å². The predicted octanol–water partition coefficient (Wildman–Crippen LogP) is 4.85. The van der Waals surface area contributed by atoms with E-state index in [1.165, 1.54) is 0 Å². The van der Waals surface area contributed by atoms with E-state index in [2.05, 4.69) is 38.5 Å². The third-order valence-electron chi connectivity index (χ3n) is 1.88. The highest BCUT2D eigenvalue weighted by molar-refractivity contribution is 14.1. The molecule has 15 heavy (non-hydrogen) atoms. The summed E-state index contributed by atoms with van der Waals surface area (Å²) in [5, 5.41) is 0. The quantitative estimate of drug-likeness (QED) is 0.683. The Bertz CT molecular complexity index is 453. The largest absolute Gasteiger partial charge is 0.456 e. The summed E-state index contributed by atoms with van der Waals surface area (Å²) in [5.74, 6) is 1.74. The van der Waals surface area contributed by atoms with Crippen LogP contribution in [0.3, 0.4) is 0 Å². The second-order valence-corrected chi connectivity index (χ2v) is 5.06. The summed E-state index contributed by atoms with van der Waals surface area (Å²) in [6.07, 6.45) is 0. The van der Waals surface area contributed by atoms with Crippen LogP contribution in [0.4, 0.5) is 0 Å². The normalized spacial score (nSPS) is 10.0. The zero-order chi connectivity index (χ0) is 10.7. The van der Waals surface area contributed by atoms with Crippen molar-refractivity contribution in [2.24, 2.45) is 0 Å². The van der Waals surface area contributed by atoms with Crippen LogP contribution in [0.1, 0.15) is 0 Å². The molecule has 0 aliphatic rings. The molecule has 0 aromatic heterocycles. The standard InChI is InChI=1S/C12H8BrIO/c13-9-5-7-10(8-6-9)15-12-4-2-1-3-11(12)14/h1-8H. The van der Waals surface area contributed by atoms with Gasteiger partial charge in [-0.15, -0.1) is 0 Å². The number of ether oxygens (including phenoxy) is 1. The van der Waals surface area contributed by atoms with E-state index in [0.717, 1.165) is 19.5 Å². The molecule has 0 N–H and O–H groups in total. The third-order valence-corrected chi connectivity index (χ3v) is 3.30. The molecule has 0 saturated heterocycles. The maximum absolute atomic E-state index is 5.74. The molecule has 0 fully saturated rings. The topological polar surface area (TPSA) is 9.23 Å². The summed E-state index contributed by atoms with van der Waals surface area (Å²) in [4.78, 5) is 0. The van der Waals surface area contributed by atoms with E-state index in [1.807, 2.05) is 48.5 Å². The Balaban J connectivity index is 2.22. The average molecular weight is 375 g/mol. The van der Waals surface area contributed by atoms with Crippen molar-refractivity contribution < 1.29 is 4.74 Å². The van der Waals surface area contributed by atoms with E-state index in [0.29, 0.717) is 0 Å². The van der Waals surface area contributed by atoms with E-state index in [9.17, 15) is 0 Å². The van der Waals surface area contributed by atoms with Crippen LogP contribution in [0.25, 0.3) is 0 Å². The minimum atomic E-state index is 0.849. The molecule has 0 saturated carbocycles. The SMILES string of the molecule is Brc1ccc(Oc2ccccc2I)cc1. The number of hydrogen-bond acceptors (Lipinski definition) is 1. The molecule has 0 unspecified atom stereocenters. The molecule has 0 aliphatic carbocycles. The molecule has 0 radical (unpaired) electrons. The van der Waals surface area contributed by atoms with Gasteiger partial charge in [0.15, 0.2) is 0 Å². The Morgan fingerprint density at radius 2 is 1.60 bits per heavy atom. The molecular weight excluding hydrogens is 367 g/mol. The van der Waals surface area contributed by atoms with Crippen LogP contribution in [0.5, 0.6) is 11.5 Å². The van der Waals surface area contributed by atoms with Crippen LogP contribution in [0.2, 0.25) is 0 Å². The summed E-state index contributed by atoms with van der Waals surface area (Å²) < 4.78 is 7.90. The smallest absolute Gasteiger partial charge is 0.140 e. The zero-order valence-electron chi connectivity index (χ0n) is 7.78. The van der Waals surface area contributed by atoms with Gasteiger partial charge in [-0.3, -0.25) is 0 Å². The lowest BCUT2D eigenvalue weighted by Crippen LogP contribution is -1.86. The molecule has 0 aliphatic heterocycles. The first-order valence-electron chi connectivity index (χ1n) is 4.43. The first kappa shape index (κ1) is 11.0. The maximum atomic E-state index is 5.74. The Morgan fingerprint density at radius 3 is 2.27 bits per heavy atom. The summed E-state index contributed by atoms with van der Waals surface area (Å²) in [6, 6.07) is 15.8. The molecular formula is C12H8BrIO. The monoisotopic (exact) mass is 374 g/mol. The van der Waals surface area contributed by atoms with Crippen molar-refractivity contribution >= 4 is 38.5 Å². The van der Waals surface area contributed by atoms with Gasteiger partial charge < -0.3 is 4.74 Å². The zero-order valence-corrected chi connectivity index (χ0v) is 11.5. The van der Waals surface area contributed by atoms with Gasteiger partial charge in [-0.1, -0.05) is 28.1 Å². The van der Waals surface area contributed by atoms with Gasteiger partial charge in [0, 0.05) is 4.47 Å². The lowest BCUT2D eigenvalue weighted by molar-refractivity contribution is 0.479. The van der Waals surface area contributed by atoms with Gasteiger partial charge in [0.25, 0.3) is 0 Å². The van der Waals surface area contributed by atoms with E-state index < -0.39 is 0 Å². The third kappa shape index (κ3) is 2.95. The minimum Gasteiger partial charge on any atom is -0.456 e. The molecule has 2 rings (SSSR count). The van der Waals surface area contributed by atoms with Crippen molar-refractivity contribution in [3.05, 3.63) is 56.6 Å². The Kier molecular flexibility index (Phi) is 3.64. The minimum absolute atomic E-state index is 0.849. The second kappa shape index (κ2) is 4.99. The van der Waals surface area contributed by atoms with Crippen molar-refractivity contribution in [1.29, 1.82) is 0 Å². The lowest BCUT2D eigenvalue weighted by Gasteiger charge is -2.07. The van der Waals surface area contributed by atoms with Crippen molar-refractivity contribution in [2.45, 2.75) is 0 Å². The fourth-order valence-electron chi connectivity index (χ4n) is 1.16. The summed E-state index contributed by atoms with van der Waals surface area (Å²) >= 11 is 5.65. The number of benzene rings is 2. The fraction of sp³-hybridized carbons (Fsp3) is 0. The number of halogens is 2. The van der Waals surface area contributed by atoms with Crippen molar-refractivity contribution in [2.75, 3.05) is 0 Å². The molecule has 0 heterocycles. The van der Waals surface area contributed by atoms with Gasteiger partial charge in [0.2, 0.25) is 0 Å². The summed E-state index contributed by atoms with van der Waals surface area (Å²) in [5.41, 5.74) is 0. The molecule has 2 aromatic rings. The van der Waals surface area contributed by atoms with Crippen LogP contribution in [0.15, 0.2) is 53.0 Å². The summed E-state index contributed by atoms with van der Waals surface area (Å²) in [6.45, 7) is 0. The van der Waals surface area contributed by atoms with Gasteiger partial charge in [-0.2, -0.15) is 0 Å². The first-order chi connectivity index (χ1) is 7.25. The lowest BCUT2D eigenvalue weighted by atomic mass is 10.3.